The van der Waals surface area contributed by atoms with E-state index in [1.807, 2.05) is 46.0 Å². The van der Waals surface area contributed by atoms with Gasteiger partial charge in [0, 0.05) is 9.90 Å². The summed E-state index contributed by atoms with van der Waals surface area (Å²) in [6.45, 7) is 6.02. The lowest BCUT2D eigenvalue weighted by Crippen LogP contribution is -1.95. The van der Waals surface area contributed by atoms with Gasteiger partial charge in [0.1, 0.15) is 0 Å². The van der Waals surface area contributed by atoms with Crippen LogP contribution in [0.25, 0.3) is 0 Å². The second-order valence-electron chi connectivity index (χ2n) is 2.34. The van der Waals surface area contributed by atoms with Gasteiger partial charge in [0.05, 0.1) is 11.4 Å². The maximum absolute atomic E-state index is 5.67. The molecule has 0 atom stereocenters. The minimum Gasteiger partial charge on any atom is -0.397 e. The van der Waals surface area contributed by atoms with E-state index in [1.165, 1.54) is 5.56 Å². The molecule has 72 valence electrons. The van der Waals surface area contributed by atoms with Crippen LogP contribution in [0.1, 0.15) is 22.3 Å². The highest BCUT2D eigenvalue weighted by Gasteiger charge is 1.93. The summed E-state index contributed by atoms with van der Waals surface area (Å²) in [6.07, 6.45) is 0. The molecule has 3 N–H and O–H groups in total. The molecule has 0 aliphatic heterocycles. The van der Waals surface area contributed by atoms with Gasteiger partial charge >= 0.3 is 0 Å². The number of nitrogens with one attached hydrogen (secondary N) is 1. The molecule has 0 radical (unpaired) electrons. The van der Waals surface area contributed by atoms with Gasteiger partial charge in [-0.3, -0.25) is 0 Å². The van der Waals surface area contributed by atoms with Crippen molar-refractivity contribution in [3.63, 3.8) is 0 Å². The second kappa shape index (κ2) is 5.47. The molecule has 1 rings (SSSR count). The van der Waals surface area contributed by atoms with Crippen molar-refractivity contribution < 1.29 is 2.85 Å². The maximum Gasteiger partial charge on any atom is 0.0571 e. The quantitative estimate of drug-likeness (QED) is 0.635. The molecule has 0 aliphatic carbocycles. The molecule has 1 aromatic rings. The van der Waals surface area contributed by atoms with Gasteiger partial charge in [-0.25, -0.2) is 0 Å². The Kier molecular flexibility index (Phi) is 4.93. The Hall–Kier alpha value is -1.18. The Morgan fingerprint density at radius 3 is 2.33 bits per heavy atom. The van der Waals surface area contributed by atoms with E-state index in [9.17, 15) is 0 Å². The Bertz CT molecular complexity index is 240. The number of benzene rings is 1. The van der Waals surface area contributed by atoms with E-state index >= 15 is 0 Å². The third-order valence-electron chi connectivity index (χ3n) is 1.48. The molecule has 0 unspecified atom stereocenters. The zero-order valence-electron chi connectivity index (χ0n) is 8.31. The third-order valence-corrected chi connectivity index (χ3v) is 1.48. The fraction of sp³-hybridized carbons (Fsp3) is 0.400. The molecule has 0 saturated heterocycles. The first-order chi connectivity index (χ1) is 5.74. The van der Waals surface area contributed by atoms with Gasteiger partial charge in [0.25, 0.3) is 0 Å². The first kappa shape index (κ1) is 10.8. The van der Waals surface area contributed by atoms with Crippen LogP contribution < -0.4 is 11.1 Å². The minimum atomic E-state index is 0. The van der Waals surface area contributed by atoms with Crippen LogP contribution in [0.15, 0.2) is 18.2 Å². The Morgan fingerprint density at radius 2 is 1.92 bits per heavy atom. The molecule has 12 heavy (non-hydrogen) atoms. The van der Waals surface area contributed by atoms with Gasteiger partial charge in [0.2, 0.25) is 0 Å². The van der Waals surface area contributed by atoms with Gasteiger partial charge < -0.3 is 11.1 Å². The lowest BCUT2D eigenvalue weighted by molar-refractivity contribution is 1.44. The van der Waals surface area contributed by atoms with E-state index in [1.54, 1.807) is 0 Å². The van der Waals surface area contributed by atoms with Crippen LogP contribution in [0.5, 0.6) is 0 Å². The van der Waals surface area contributed by atoms with E-state index in [4.69, 9.17) is 5.73 Å². The van der Waals surface area contributed by atoms with E-state index in [0.717, 1.165) is 11.4 Å². The van der Waals surface area contributed by atoms with Gasteiger partial charge in [-0.1, -0.05) is 19.9 Å². The Morgan fingerprint density at radius 1 is 1.33 bits per heavy atom. The van der Waals surface area contributed by atoms with Crippen LogP contribution in [0.3, 0.4) is 0 Å². The normalized spacial score (nSPS) is 8.33. The van der Waals surface area contributed by atoms with Gasteiger partial charge in [-0.15, -0.1) is 0 Å². The molecule has 2 nitrogen and oxygen atoms in total. The van der Waals surface area contributed by atoms with Crippen LogP contribution in [0, 0.1) is 6.92 Å². The van der Waals surface area contributed by atoms with Crippen LogP contribution in [-0.4, -0.2) is 7.05 Å². The van der Waals surface area contributed by atoms with Crippen LogP contribution in [-0.2, 0) is 0 Å². The van der Waals surface area contributed by atoms with E-state index in [2.05, 4.69) is 5.32 Å². The molecule has 0 bridgehead atoms. The summed E-state index contributed by atoms with van der Waals surface area (Å²) in [7, 11) is 1.86. The summed E-state index contributed by atoms with van der Waals surface area (Å²) in [5, 5.41) is 3.00. The lowest BCUT2D eigenvalue weighted by atomic mass is 10.2. The average molecular weight is 170 g/mol. The van der Waals surface area contributed by atoms with E-state index in [0.29, 0.717) is 0 Å². The molecule has 0 aliphatic rings. The van der Waals surface area contributed by atoms with E-state index < -0.39 is 0 Å². The molecule has 0 heterocycles. The first-order valence-electron chi connectivity index (χ1n) is 4.28. The minimum absolute atomic E-state index is 0. The highest BCUT2D eigenvalue weighted by molar-refractivity contribution is 5.66. The number of anilines is 2. The zero-order valence-corrected chi connectivity index (χ0v) is 8.31. The largest absolute Gasteiger partial charge is 0.397 e. The fourth-order valence-corrected chi connectivity index (χ4v) is 0.910. The standard InChI is InChI=1S/C8H12N2.C2H6.2H2/c1-6-3-4-8(10-2)7(9)5-6;1-2;;/h3-5,10H,9H2,1-2H3;1-2H3;2*1H. The molecule has 0 aromatic heterocycles. The van der Waals surface area contributed by atoms with Crippen molar-refractivity contribution in [2.24, 2.45) is 0 Å². The Labute approximate surface area is 77.8 Å². The summed E-state index contributed by atoms with van der Waals surface area (Å²) in [4.78, 5) is 0. The molecule has 0 amide bonds. The van der Waals surface area contributed by atoms with Gasteiger partial charge in [0.15, 0.2) is 0 Å². The van der Waals surface area contributed by atoms with Crippen LogP contribution in [0.4, 0.5) is 11.4 Å². The molecule has 0 spiro atoms. The fourth-order valence-electron chi connectivity index (χ4n) is 0.910. The van der Waals surface area contributed by atoms with Gasteiger partial charge in [-0.05, 0) is 24.6 Å². The average Bonchev–Trinajstić information content (AvgIpc) is 2.08. The van der Waals surface area contributed by atoms with Crippen molar-refractivity contribution in [2.75, 3.05) is 18.1 Å². The summed E-state index contributed by atoms with van der Waals surface area (Å²) in [6, 6.07) is 5.96. The number of rotatable bonds is 1. The predicted molar refractivity (Wildman–Crippen MR) is 60.7 cm³/mol. The highest BCUT2D eigenvalue weighted by Crippen LogP contribution is 2.17. The number of aryl methyl sites for hydroxylation is 1. The lowest BCUT2D eigenvalue weighted by Gasteiger charge is -2.03. The highest BCUT2D eigenvalue weighted by atomic mass is 14.8. The summed E-state index contributed by atoms with van der Waals surface area (Å²) in [5.41, 5.74) is 8.66. The smallest absolute Gasteiger partial charge is 0.0571 e. The number of hydrogen-bond acceptors (Lipinski definition) is 2. The first-order valence-corrected chi connectivity index (χ1v) is 4.28. The summed E-state index contributed by atoms with van der Waals surface area (Å²) >= 11 is 0. The van der Waals surface area contributed by atoms with Crippen molar-refractivity contribution in [1.29, 1.82) is 0 Å². The second-order valence-corrected chi connectivity index (χ2v) is 2.34. The van der Waals surface area contributed by atoms with Crippen molar-refractivity contribution in [3.05, 3.63) is 23.8 Å². The summed E-state index contributed by atoms with van der Waals surface area (Å²) < 4.78 is 0. The van der Waals surface area contributed by atoms with Gasteiger partial charge in [-0.2, -0.15) is 0 Å². The number of nitrogen functional groups attached to an aromatic ring is 1. The molecule has 0 fully saturated rings. The van der Waals surface area contributed by atoms with Crippen molar-refractivity contribution >= 4 is 11.4 Å². The monoisotopic (exact) mass is 170 g/mol. The zero-order chi connectivity index (χ0) is 9.56. The molecular weight excluding hydrogens is 148 g/mol. The maximum atomic E-state index is 5.67. The topological polar surface area (TPSA) is 38.0 Å². The van der Waals surface area contributed by atoms with Crippen molar-refractivity contribution in [1.82, 2.24) is 0 Å². The number of hydrogen-bond donors (Lipinski definition) is 2. The molecule has 0 saturated carbocycles. The third kappa shape index (κ3) is 2.82. The molecule has 1 aromatic carbocycles. The van der Waals surface area contributed by atoms with Crippen molar-refractivity contribution in [2.45, 2.75) is 20.8 Å². The Balaban J connectivity index is -0.000000284. The van der Waals surface area contributed by atoms with E-state index in [-0.39, 0.29) is 2.85 Å². The van der Waals surface area contributed by atoms with Crippen molar-refractivity contribution in [3.8, 4) is 0 Å². The number of nitrogens with two attached hydrogens (primary N) is 1. The predicted octanol–water partition coefficient (Wildman–Crippen LogP) is 3.14. The van der Waals surface area contributed by atoms with Crippen LogP contribution >= 0.6 is 0 Å². The molecular formula is C10H22N2. The van der Waals surface area contributed by atoms with Crippen LogP contribution in [0.2, 0.25) is 0 Å². The molecule has 2 heteroatoms. The SMILES string of the molecule is CC.CNc1ccc(C)cc1N.[HH].[HH]. The summed E-state index contributed by atoms with van der Waals surface area (Å²) in [5.74, 6) is 0.